The molecular formula is C15H14N2OS. The SMILES string of the molecule is NCC#Cc1cc(C(=O)NCc2ccccc2)cs1. The van der Waals surface area contributed by atoms with E-state index in [0.717, 1.165) is 10.4 Å². The number of amides is 1. The number of carbonyl (C=O) groups is 1. The molecule has 3 N–H and O–H groups in total. The van der Waals surface area contributed by atoms with Crippen molar-refractivity contribution in [1.82, 2.24) is 5.32 Å². The Bertz CT molecular complexity index is 608. The maximum absolute atomic E-state index is 11.9. The molecule has 2 aromatic rings. The van der Waals surface area contributed by atoms with Gasteiger partial charge < -0.3 is 11.1 Å². The maximum atomic E-state index is 11.9. The van der Waals surface area contributed by atoms with Gasteiger partial charge in [-0.15, -0.1) is 11.3 Å². The summed E-state index contributed by atoms with van der Waals surface area (Å²) in [5.41, 5.74) is 7.03. The molecule has 0 bridgehead atoms. The highest BCUT2D eigenvalue weighted by Gasteiger charge is 2.07. The van der Waals surface area contributed by atoms with Crippen molar-refractivity contribution >= 4 is 17.2 Å². The first-order chi connectivity index (χ1) is 9.29. The number of carbonyl (C=O) groups excluding carboxylic acids is 1. The second kappa shape index (κ2) is 6.74. The molecule has 0 spiro atoms. The third-order valence-corrected chi connectivity index (χ3v) is 3.32. The van der Waals surface area contributed by atoms with Crippen LogP contribution in [0, 0.1) is 11.8 Å². The molecule has 0 aliphatic heterocycles. The van der Waals surface area contributed by atoms with E-state index in [4.69, 9.17) is 5.73 Å². The van der Waals surface area contributed by atoms with Gasteiger partial charge in [0.15, 0.2) is 0 Å². The van der Waals surface area contributed by atoms with Crippen LogP contribution >= 0.6 is 11.3 Å². The highest BCUT2D eigenvalue weighted by Crippen LogP contribution is 2.13. The van der Waals surface area contributed by atoms with Crippen molar-refractivity contribution in [3.63, 3.8) is 0 Å². The number of nitrogens with two attached hydrogens (primary N) is 1. The van der Waals surface area contributed by atoms with Gasteiger partial charge in [0.2, 0.25) is 0 Å². The largest absolute Gasteiger partial charge is 0.348 e. The summed E-state index contributed by atoms with van der Waals surface area (Å²) in [6.45, 7) is 0.854. The van der Waals surface area contributed by atoms with Gasteiger partial charge in [-0.05, 0) is 11.6 Å². The summed E-state index contributed by atoms with van der Waals surface area (Å²) in [5.74, 6) is 5.61. The molecule has 0 saturated heterocycles. The summed E-state index contributed by atoms with van der Waals surface area (Å²) >= 11 is 1.45. The van der Waals surface area contributed by atoms with E-state index >= 15 is 0 Å². The van der Waals surface area contributed by atoms with Gasteiger partial charge in [-0.25, -0.2) is 0 Å². The molecule has 0 radical (unpaired) electrons. The van der Waals surface area contributed by atoms with Crippen LogP contribution in [0.25, 0.3) is 0 Å². The minimum absolute atomic E-state index is 0.0825. The standard InChI is InChI=1S/C15H14N2OS/c16-8-4-7-14-9-13(11-19-14)15(18)17-10-12-5-2-1-3-6-12/h1-3,5-6,9,11H,8,10,16H2,(H,17,18). The van der Waals surface area contributed by atoms with Crippen LogP contribution in [0.4, 0.5) is 0 Å². The Balaban J connectivity index is 1.95. The van der Waals surface area contributed by atoms with Crippen molar-refractivity contribution in [2.45, 2.75) is 6.54 Å². The second-order valence-electron chi connectivity index (χ2n) is 3.87. The predicted octanol–water partition coefficient (Wildman–Crippen LogP) is 1.99. The Morgan fingerprint density at radius 3 is 2.84 bits per heavy atom. The number of thiophene rings is 1. The minimum atomic E-state index is -0.0825. The predicted molar refractivity (Wildman–Crippen MR) is 77.9 cm³/mol. The lowest BCUT2D eigenvalue weighted by Gasteiger charge is -2.03. The van der Waals surface area contributed by atoms with Crippen LogP contribution in [0.2, 0.25) is 0 Å². The molecule has 19 heavy (non-hydrogen) atoms. The minimum Gasteiger partial charge on any atom is -0.348 e. The van der Waals surface area contributed by atoms with E-state index in [9.17, 15) is 4.79 Å². The Kier molecular flexibility index (Phi) is 4.73. The highest BCUT2D eigenvalue weighted by molar-refractivity contribution is 7.10. The molecule has 3 nitrogen and oxygen atoms in total. The highest BCUT2D eigenvalue weighted by atomic mass is 32.1. The van der Waals surface area contributed by atoms with Crippen LogP contribution in [0.1, 0.15) is 20.8 Å². The number of hydrogen-bond donors (Lipinski definition) is 2. The zero-order valence-corrected chi connectivity index (χ0v) is 11.2. The van der Waals surface area contributed by atoms with Gasteiger partial charge >= 0.3 is 0 Å². The summed E-state index contributed by atoms with van der Waals surface area (Å²) in [5, 5.41) is 4.69. The number of benzene rings is 1. The van der Waals surface area contributed by atoms with E-state index in [0.29, 0.717) is 18.7 Å². The first kappa shape index (κ1) is 13.3. The summed E-state index contributed by atoms with van der Waals surface area (Å²) in [4.78, 5) is 12.8. The first-order valence-electron chi connectivity index (χ1n) is 5.89. The van der Waals surface area contributed by atoms with E-state index in [-0.39, 0.29) is 5.91 Å². The molecule has 0 saturated carbocycles. The molecule has 96 valence electrons. The lowest BCUT2D eigenvalue weighted by Crippen LogP contribution is -2.22. The summed E-state index contributed by atoms with van der Waals surface area (Å²) in [6.07, 6.45) is 0. The average Bonchev–Trinajstić information content (AvgIpc) is 2.92. The molecule has 1 aromatic carbocycles. The molecule has 1 heterocycles. The molecule has 1 aromatic heterocycles. The van der Waals surface area contributed by atoms with E-state index in [1.54, 1.807) is 11.4 Å². The molecule has 4 heteroatoms. The lowest BCUT2D eigenvalue weighted by atomic mass is 10.2. The molecule has 1 amide bonds. The fourth-order valence-electron chi connectivity index (χ4n) is 1.54. The van der Waals surface area contributed by atoms with Gasteiger partial charge in [-0.2, -0.15) is 0 Å². The Labute approximate surface area is 116 Å². The molecular weight excluding hydrogens is 256 g/mol. The molecule has 2 rings (SSSR count). The van der Waals surface area contributed by atoms with Crippen LogP contribution in [-0.4, -0.2) is 12.5 Å². The lowest BCUT2D eigenvalue weighted by molar-refractivity contribution is 0.0951. The summed E-state index contributed by atoms with van der Waals surface area (Å²) in [7, 11) is 0. The molecule has 0 unspecified atom stereocenters. The van der Waals surface area contributed by atoms with Crippen molar-refractivity contribution in [2.24, 2.45) is 5.73 Å². The number of nitrogens with one attached hydrogen (secondary N) is 1. The van der Waals surface area contributed by atoms with E-state index in [1.807, 2.05) is 30.3 Å². The third kappa shape index (κ3) is 3.95. The smallest absolute Gasteiger partial charge is 0.252 e. The third-order valence-electron chi connectivity index (χ3n) is 2.47. The Morgan fingerprint density at radius 2 is 2.11 bits per heavy atom. The van der Waals surface area contributed by atoms with Crippen molar-refractivity contribution in [3.05, 3.63) is 57.8 Å². The fraction of sp³-hybridized carbons (Fsp3) is 0.133. The van der Waals surface area contributed by atoms with Gasteiger partial charge in [0.1, 0.15) is 0 Å². The number of hydrogen-bond acceptors (Lipinski definition) is 3. The van der Waals surface area contributed by atoms with Crippen LogP contribution < -0.4 is 11.1 Å². The monoisotopic (exact) mass is 270 g/mol. The Morgan fingerprint density at radius 1 is 1.32 bits per heavy atom. The van der Waals surface area contributed by atoms with Crippen LogP contribution in [0.5, 0.6) is 0 Å². The quantitative estimate of drug-likeness (QED) is 0.838. The van der Waals surface area contributed by atoms with Crippen LogP contribution in [0.3, 0.4) is 0 Å². The maximum Gasteiger partial charge on any atom is 0.252 e. The average molecular weight is 270 g/mol. The zero-order valence-electron chi connectivity index (χ0n) is 10.3. The van der Waals surface area contributed by atoms with Gasteiger partial charge in [-0.3, -0.25) is 4.79 Å². The van der Waals surface area contributed by atoms with Crippen molar-refractivity contribution in [2.75, 3.05) is 6.54 Å². The number of rotatable bonds is 3. The van der Waals surface area contributed by atoms with Gasteiger partial charge in [-0.1, -0.05) is 42.2 Å². The summed E-state index contributed by atoms with van der Waals surface area (Å²) < 4.78 is 0. The molecule has 0 atom stereocenters. The zero-order chi connectivity index (χ0) is 13.5. The van der Waals surface area contributed by atoms with Crippen LogP contribution in [-0.2, 0) is 6.54 Å². The van der Waals surface area contributed by atoms with Crippen LogP contribution in [0.15, 0.2) is 41.8 Å². The van der Waals surface area contributed by atoms with Crippen molar-refractivity contribution in [3.8, 4) is 11.8 Å². The van der Waals surface area contributed by atoms with Crippen molar-refractivity contribution in [1.29, 1.82) is 0 Å². The van der Waals surface area contributed by atoms with Gasteiger partial charge in [0.25, 0.3) is 5.91 Å². The Hall–Kier alpha value is -2.09. The molecule has 0 aliphatic carbocycles. The molecule has 0 fully saturated rings. The first-order valence-corrected chi connectivity index (χ1v) is 6.77. The molecule has 0 aliphatic rings. The van der Waals surface area contributed by atoms with Gasteiger partial charge in [0.05, 0.1) is 17.0 Å². The van der Waals surface area contributed by atoms with E-state index in [1.165, 1.54) is 11.3 Å². The van der Waals surface area contributed by atoms with Gasteiger partial charge in [0, 0.05) is 11.9 Å². The topological polar surface area (TPSA) is 55.1 Å². The fourth-order valence-corrected chi connectivity index (χ4v) is 2.29. The van der Waals surface area contributed by atoms with E-state index in [2.05, 4.69) is 17.2 Å². The van der Waals surface area contributed by atoms with E-state index < -0.39 is 0 Å². The normalized spacial score (nSPS) is 9.53. The second-order valence-corrected chi connectivity index (χ2v) is 4.79. The van der Waals surface area contributed by atoms with Crippen molar-refractivity contribution < 1.29 is 4.79 Å². The summed E-state index contributed by atoms with van der Waals surface area (Å²) in [6, 6.07) is 11.6.